The Hall–Kier alpha value is -0.970. The average molecular weight is 663 g/mol. The van der Waals surface area contributed by atoms with Crippen molar-refractivity contribution in [2.24, 2.45) is 0 Å². The maximum absolute atomic E-state index is 12.8. The molecule has 0 aliphatic rings. The normalized spacial score (nSPS) is 14.0. The van der Waals surface area contributed by atoms with Gasteiger partial charge in [0.1, 0.15) is 6.10 Å². The molecule has 0 bridgehead atoms. The van der Waals surface area contributed by atoms with Crippen molar-refractivity contribution in [2.75, 3.05) is 6.61 Å². The smallest absolute Gasteiger partial charge is 0.193 e. The molecule has 0 heterocycles. The Morgan fingerprint density at radius 1 is 0.489 bits per heavy atom. The van der Waals surface area contributed by atoms with E-state index in [2.05, 4.69) is 13.8 Å². The van der Waals surface area contributed by atoms with Gasteiger partial charge in [0.05, 0.1) is 6.61 Å². The van der Waals surface area contributed by atoms with Crippen LogP contribution in [0.4, 0.5) is 0 Å². The maximum Gasteiger partial charge on any atom is 0.193 e. The number of allylic oxidation sites excluding steroid dienone is 2. The first-order valence-electron chi connectivity index (χ1n) is 20.9. The summed E-state index contributed by atoms with van der Waals surface area (Å²) in [6.07, 6.45) is 47.6. The highest BCUT2D eigenvalue weighted by Gasteiger charge is 2.38. The number of carbonyl (C=O) groups excluding carboxylic acids is 1. The van der Waals surface area contributed by atoms with Crippen molar-refractivity contribution in [3.05, 3.63) is 24.3 Å². The molecule has 0 aromatic heterocycles. The van der Waals surface area contributed by atoms with Gasteiger partial charge in [-0.05, 0) is 37.8 Å². The minimum absolute atomic E-state index is 0.554. The number of aliphatic hydroxyl groups is 3. The van der Waals surface area contributed by atoms with E-state index in [1.807, 2.05) is 0 Å². The second-order valence-electron chi connectivity index (χ2n) is 14.5. The van der Waals surface area contributed by atoms with Gasteiger partial charge in [0.2, 0.25) is 0 Å². The zero-order valence-corrected chi connectivity index (χ0v) is 31.7. The third-order valence-electron chi connectivity index (χ3n) is 9.92. The molecule has 0 rings (SSSR count). The van der Waals surface area contributed by atoms with Crippen LogP contribution in [0.25, 0.3) is 0 Å². The van der Waals surface area contributed by atoms with Gasteiger partial charge in [0.25, 0.3) is 0 Å². The fraction of sp³-hybridized carbons (Fsp3) is 0.884. The van der Waals surface area contributed by atoms with Gasteiger partial charge in [-0.15, -0.1) is 0 Å². The lowest BCUT2D eigenvalue weighted by molar-refractivity contribution is -0.140. The van der Waals surface area contributed by atoms with Crippen LogP contribution < -0.4 is 0 Å². The number of hydrogen-bond donors (Lipinski definition) is 3. The van der Waals surface area contributed by atoms with E-state index < -0.39 is 24.1 Å². The van der Waals surface area contributed by atoms with Crippen molar-refractivity contribution >= 4 is 5.78 Å². The minimum atomic E-state index is -2.06. The Labute approximate surface area is 293 Å². The molecule has 3 N–H and O–H groups in total. The predicted molar refractivity (Wildman–Crippen MR) is 205 cm³/mol. The summed E-state index contributed by atoms with van der Waals surface area (Å²) in [6.45, 7) is 3.89. The molecule has 0 aliphatic heterocycles. The lowest BCUT2D eigenvalue weighted by Crippen LogP contribution is -2.49. The first-order chi connectivity index (χ1) is 23.0. The van der Waals surface area contributed by atoms with Crippen LogP contribution in [0.1, 0.15) is 226 Å². The van der Waals surface area contributed by atoms with Gasteiger partial charge in [0.15, 0.2) is 11.4 Å². The number of unbranched alkanes of at least 4 members (excludes halogenated alkanes) is 31. The molecule has 0 fully saturated rings. The second kappa shape index (κ2) is 36.3. The van der Waals surface area contributed by atoms with E-state index in [1.165, 1.54) is 186 Å². The van der Waals surface area contributed by atoms with Crippen LogP contribution in [0.3, 0.4) is 0 Å². The highest BCUT2D eigenvalue weighted by molar-refractivity contribution is 5.99. The molecular weight excluding hydrogens is 580 g/mol. The van der Waals surface area contributed by atoms with E-state index in [0.29, 0.717) is 0 Å². The Balaban J connectivity index is 3.81. The molecule has 0 aromatic carbocycles. The summed E-state index contributed by atoms with van der Waals surface area (Å²) < 4.78 is 0. The highest BCUT2D eigenvalue weighted by atomic mass is 16.4. The molecule has 4 nitrogen and oxygen atoms in total. The number of carbonyl (C=O) groups is 1. The Morgan fingerprint density at radius 3 is 1.06 bits per heavy atom. The summed E-state index contributed by atoms with van der Waals surface area (Å²) in [5, 5.41) is 30.6. The highest BCUT2D eigenvalue weighted by Crippen LogP contribution is 2.19. The van der Waals surface area contributed by atoms with Crippen molar-refractivity contribution < 1.29 is 20.1 Å². The molecule has 278 valence electrons. The topological polar surface area (TPSA) is 77.8 Å². The zero-order valence-electron chi connectivity index (χ0n) is 31.7. The molecule has 4 heteroatoms. The van der Waals surface area contributed by atoms with E-state index in [-0.39, 0.29) is 0 Å². The first kappa shape index (κ1) is 46.0. The molecular formula is C43H82O4. The zero-order chi connectivity index (χ0) is 34.5. The van der Waals surface area contributed by atoms with Crippen LogP contribution in [0.5, 0.6) is 0 Å². The third-order valence-corrected chi connectivity index (χ3v) is 9.92. The largest absolute Gasteiger partial charge is 0.394 e. The van der Waals surface area contributed by atoms with Gasteiger partial charge >= 0.3 is 0 Å². The minimum Gasteiger partial charge on any atom is -0.394 e. The van der Waals surface area contributed by atoms with Crippen LogP contribution in [-0.2, 0) is 4.79 Å². The van der Waals surface area contributed by atoms with Crippen molar-refractivity contribution in [3.63, 3.8) is 0 Å². The van der Waals surface area contributed by atoms with Crippen LogP contribution in [0, 0.1) is 0 Å². The molecule has 0 spiro atoms. The molecule has 0 saturated heterocycles. The Morgan fingerprint density at radius 2 is 0.766 bits per heavy atom. The van der Waals surface area contributed by atoms with E-state index in [1.54, 1.807) is 12.2 Å². The Bertz CT molecular complexity index is 702. The van der Waals surface area contributed by atoms with Crippen LogP contribution in [0.2, 0.25) is 0 Å². The monoisotopic (exact) mass is 663 g/mol. The van der Waals surface area contributed by atoms with Gasteiger partial charge < -0.3 is 15.3 Å². The Kier molecular flexibility index (Phi) is 35.6. The fourth-order valence-corrected chi connectivity index (χ4v) is 6.53. The second-order valence-corrected chi connectivity index (χ2v) is 14.5. The number of rotatable bonds is 38. The van der Waals surface area contributed by atoms with Gasteiger partial charge in [-0.2, -0.15) is 0 Å². The summed E-state index contributed by atoms with van der Waals surface area (Å²) in [7, 11) is 0. The van der Waals surface area contributed by atoms with Crippen LogP contribution >= 0.6 is 0 Å². The van der Waals surface area contributed by atoms with Crippen molar-refractivity contribution in [3.8, 4) is 0 Å². The van der Waals surface area contributed by atoms with E-state index in [0.717, 1.165) is 38.5 Å². The third kappa shape index (κ3) is 29.6. The lowest BCUT2D eigenvalue weighted by Gasteiger charge is -2.26. The SMILES string of the molecule is CCCCCCCCCCCCCC=CC(=O)C(O)(C=CCCCCCCCCCCCCCCCCCCCCCC)[C@@H](O)CO. The van der Waals surface area contributed by atoms with E-state index in [9.17, 15) is 20.1 Å². The summed E-state index contributed by atoms with van der Waals surface area (Å²) in [5.41, 5.74) is -2.06. The lowest BCUT2D eigenvalue weighted by atomic mass is 9.90. The summed E-state index contributed by atoms with van der Waals surface area (Å²) >= 11 is 0. The average Bonchev–Trinajstić information content (AvgIpc) is 3.08. The van der Waals surface area contributed by atoms with Crippen LogP contribution in [0.15, 0.2) is 24.3 Å². The first-order valence-corrected chi connectivity index (χ1v) is 20.9. The standard InChI is InChI=1S/C43H82O4/c1-3-5-7-9-11-13-15-17-18-19-20-21-22-23-24-25-27-29-31-33-35-37-39-43(47,42(46)40-44)41(45)38-36-34-32-30-28-26-16-14-12-10-8-6-4-2/h36-39,42,44,46-47H,3-35,40H2,1-2H3/t42-,43?/m0/s1. The van der Waals surface area contributed by atoms with Gasteiger partial charge in [-0.25, -0.2) is 0 Å². The molecule has 1 unspecified atom stereocenters. The molecule has 0 saturated carbocycles. The number of ketones is 1. The summed E-state index contributed by atoms with van der Waals surface area (Å²) in [6, 6.07) is 0. The fourth-order valence-electron chi connectivity index (χ4n) is 6.53. The molecule has 47 heavy (non-hydrogen) atoms. The number of hydrogen-bond acceptors (Lipinski definition) is 4. The molecule has 0 aromatic rings. The van der Waals surface area contributed by atoms with E-state index in [4.69, 9.17) is 0 Å². The van der Waals surface area contributed by atoms with Gasteiger partial charge in [-0.3, -0.25) is 4.79 Å². The summed E-state index contributed by atoms with van der Waals surface area (Å²) in [4.78, 5) is 12.8. The van der Waals surface area contributed by atoms with Gasteiger partial charge in [-0.1, -0.05) is 212 Å². The van der Waals surface area contributed by atoms with Crippen molar-refractivity contribution in [1.29, 1.82) is 0 Å². The quantitative estimate of drug-likeness (QED) is 0.0349. The predicted octanol–water partition coefficient (Wildman–Crippen LogP) is 12.7. The molecule has 2 atom stereocenters. The van der Waals surface area contributed by atoms with Gasteiger partial charge in [0, 0.05) is 0 Å². The molecule has 0 aliphatic carbocycles. The summed E-state index contributed by atoms with van der Waals surface area (Å²) in [5.74, 6) is -0.554. The van der Waals surface area contributed by atoms with Crippen molar-refractivity contribution in [2.45, 2.75) is 237 Å². The molecule has 0 radical (unpaired) electrons. The van der Waals surface area contributed by atoms with E-state index >= 15 is 0 Å². The van der Waals surface area contributed by atoms with Crippen molar-refractivity contribution in [1.82, 2.24) is 0 Å². The molecule has 0 amide bonds. The maximum atomic E-state index is 12.8. The van der Waals surface area contributed by atoms with Crippen LogP contribution in [-0.4, -0.2) is 39.4 Å². The number of aliphatic hydroxyl groups excluding tert-OH is 2.